The monoisotopic (exact) mass is 333 g/mol. The Bertz CT molecular complexity index is 781. The Morgan fingerprint density at radius 3 is 2.61 bits per heavy atom. The quantitative estimate of drug-likeness (QED) is 0.842. The van der Waals surface area contributed by atoms with Crippen LogP contribution in [0.15, 0.2) is 46.0 Å². The molecule has 1 heterocycles. The molecule has 0 atom stereocenters. The number of aromatic amines is 1. The number of carbonyl (C=O) groups is 1. The lowest BCUT2D eigenvalue weighted by atomic mass is 10.2. The predicted octanol–water partition coefficient (Wildman–Crippen LogP) is 1.66. The van der Waals surface area contributed by atoms with Crippen LogP contribution in [0.5, 0.6) is 0 Å². The van der Waals surface area contributed by atoms with Crippen molar-refractivity contribution in [2.24, 2.45) is 0 Å². The summed E-state index contributed by atoms with van der Waals surface area (Å²) in [6.45, 7) is 4.26. The van der Waals surface area contributed by atoms with Crippen molar-refractivity contribution in [3.05, 3.63) is 62.8 Å². The minimum atomic E-state index is -0.548. The molecule has 122 valence electrons. The summed E-state index contributed by atoms with van der Waals surface area (Å²) in [7, 11) is 0. The topological polar surface area (TPSA) is 84.0 Å². The number of rotatable bonds is 6. The summed E-state index contributed by atoms with van der Waals surface area (Å²) in [5.74, 6) is 0.233. The van der Waals surface area contributed by atoms with Crippen LogP contribution in [-0.2, 0) is 11.3 Å². The maximum Gasteiger partial charge on any atom is 0.330 e. The lowest BCUT2D eigenvalue weighted by Crippen LogP contribution is -2.33. The lowest BCUT2D eigenvalue weighted by molar-refractivity contribution is -0.113. The predicted molar refractivity (Wildman–Crippen MR) is 93.1 cm³/mol. The first-order valence-corrected chi connectivity index (χ1v) is 8.30. The van der Waals surface area contributed by atoms with Gasteiger partial charge in [0.15, 0.2) is 0 Å². The first-order chi connectivity index (χ1) is 11.0. The van der Waals surface area contributed by atoms with Crippen molar-refractivity contribution in [3.63, 3.8) is 0 Å². The number of benzene rings is 1. The molecule has 23 heavy (non-hydrogen) atoms. The Morgan fingerprint density at radius 1 is 1.26 bits per heavy atom. The van der Waals surface area contributed by atoms with Crippen LogP contribution in [0.3, 0.4) is 0 Å². The van der Waals surface area contributed by atoms with Crippen LogP contribution in [-0.4, -0.2) is 26.5 Å². The van der Waals surface area contributed by atoms with E-state index in [9.17, 15) is 14.4 Å². The fraction of sp³-hybridized carbons (Fsp3) is 0.312. The summed E-state index contributed by atoms with van der Waals surface area (Å²) >= 11 is 1.49. The van der Waals surface area contributed by atoms with Crippen LogP contribution in [0.1, 0.15) is 19.4 Å². The zero-order valence-corrected chi connectivity index (χ0v) is 13.9. The summed E-state index contributed by atoms with van der Waals surface area (Å²) in [5.41, 5.74) is -0.187. The third-order valence-electron chi connectivity index (χ3n) is 3.03. The normalized spacial score (nSPS) is 10.7. The molecular formula is C16H19N3O3S. The molecule has 0 aliphatic heterocycles. The van der Waals surface area contributed by atoms with Gasteiger partial charge in [-0.3, -0.25) is 19.1 Å². The zero-order valence-electron chi connectivity index (χ0n) is 13.0. The van der Waals surface area contributed by atoms with Crippen LogP contribution >= 0.6 is 11.8 Å². The Kier molecular flexibility index (Phi) is 5.81. The summed E-state index contributed by atoms with van der Waals surface area (Å²) < 4.78 is 1.34. The minimum Gasteiger partial charge on any atom is -0.311 e. The molecule has 0 unspecified atom stereocenters. The summed E-state index contributed by atoms with van der Waals surface area (Å²) in [5, 5.41) is 2.98. The van der Waals surface area contributed by atoms with Crippen LogP contribution in [0.2, 0.25) is 0 Å². The smallest absolute Gasteiger partial charge is 0.311 e. The van der Waals surface area contributed by atoms with Gasteiger partial charge in [-0.2, -0.15) is 0 Å². The Hall–Kier alpha value is -2.28. The van der Waals surface area contributed by atoms with Gasteiger partial charge in [-0.05, 0) is 10.8 Å². The van der Waals surface area contributed by atoms with Crippen molar-refractivity contribution in [1.29, 1.82) is 0 Å². The Balaban J connectivity index is 2.26. The number of carbonyl (C=O) groups excluding carboxylic acids is 1. The number of aromatic nitrogens is 2. The van der Waals surface area contributed by atoms with E-state index in [0.717, 1.165) is 5.56 Å². The highest BCUT2D eigenvalue weighted by atomic mass is 32.2. The zero-order chi connectivity index (χ0) is 16.8. The van der Waals surface area contributed by atoms with Crippen LogP contribution in [0, 0.1) is 0 Å². The molecule has 1 aromatic heterocycles. The molecule has 0 aliphatic rings. The van der Waals surface area contributed by atoms with Crippen molar-refractivity contribution in [2.75, 3.05) is 11.1 Å². The van der Waals surface area contributed by atoms with Gasteiger partial charge in [-0.15, -0.1) is 11.8 Å². The number of amides is 1. The second kappa shape index (κ2) is 7.82. The van der Waals surface area contributed by atoms with E-state index in [0.29, 0.717) is 5.25 Å². The van der Waals surface area contributed by atoms with Gasteiger partial charge in [0.1, 0.15) is 5.82 Å². The molecule has 0 radical (unpaired) electrons. The molecule has 0 spiro atoms. The number of anilines is 1. The standard InChI is InChI=1S/C16H19N3O3S/c1-11(2)23-10-15(21)17-13-8-14(20)18-16(22)19(13)9-12-6-4-3-5-7-12/h3-8,11H,9-10H2,1-2H3,(H,17,21)(H,18,20,22). The molecule has 7 heteroatoms. The van der Waals surface area contributed by atoms with E-state index < -0.39 is 11.2 Å². The average Bonchev–Trinajstić information content (AvgIpc) is 2.49. The van der Waals surface area contributed by atoms with E-state index >= 15 is 0 Å². The fourth-order valence-electron chi connectivity index (χ4n) is 1.97. The van der Waals surface area contributed by atoms with E-state index in [-0.39, 0.29) is 24.0 Å². The highest BCUT2D eigenvalue weighted by molar-refractivity contribution is 8.00. The van der Waals surface area contributed by atoms with Crippen molar-refractivity contribution in [2.45, 2.75) is 25.6 Å². The number of thioether (sulfide) groups is 1. The molecule has 1 aromatic carbocycles. The van der Waals surface area contributed by atoms with E-state index in [1.165, 1.54) is 22.4 Å². The third-order valence-corrected chi connectivity index (χ3v) is 4.13. The van der Waals surface area contributed by atoms with Gasteiger partial charge in [0, 0.05) is 6.07 Å². The van der Waals surface area contributed by atoms with Gasteiger partial charge in [-0.25, -0.2) is 4.79 Å². The summed E-state index contributed by atoms with van der Waals surface area (Å²) in [6.07, 6.45) is 0. The molecule has 0 aliphatic carbocycles. The lowest BCUT2D eigenvalue weighted by Gasteiger charge is -2.13. The number of hydrogen-bond donors (Lipinski definition) is 2. The number of nitrogens with one attached hydrogen (secondary N) is 2. The molecule has 0 fully saturated rings. The molecular weight excluding hydrogens is 314 g/mol. The van der Waals surface area contributed by atoms with Crippen LogP contribution < -0.4 is 16.6 Å². The molecule has 0 saturated heterocycles. The van der Waals surface area contributed by atoms with Crippen molar-refractivity contribution >= 4 is 23.5 Å². The molecule has 2 rings (SSSR count). The molecule has 0 bridgehead atoms. The highest BCUT2D eigenvalue weighted by Gasteiger charge is 2.11. The van der Waals surface area contributed by atoms with Gasteiger partial charge in [0.25, 0.3) is 5.56 Å². The van der Waals surface area contributed by atoms with E-state index in [1.807, 2.05) is 44.2 Å². The maximum absolute atomic E-state index is 12.1. The van der Waals surface area contributed by atoms with Gasteiger partial charge in [-0.1, -0.05) is 44.2 Å². The molecule has 2 aromatic rings. The minimum absolute atomic E-state index is 0.206. The van der Waals surface area contributed by atoms with Crippen LogP contribution in [0.4, 0.5) is 5.82 Å². The van der Waals surface area contributed by atoms with Crippen molar-refractivity contribution in [1.82, 2.24) is 9.55 Å². The highest BCUT2D eigenvalue weighted by Crippen LogP contribution is 2.11. The van der Waals surface area contributed by atoms with E-state index in [1.54, 1.807) is 0 Å². The summed E-state index contributed by atoms with van der Waals surface area (Å²) in [6, 6.07) is 10.6. The third kappa shape index (κ3) is 5.14. The van der Waals surface area contributed by atoms with Crippen molar-refractivity contribution in [3.8, 4) is 0 Å². The SMILES string of the molecule is CC(C)SCC(=O)Nc1cc(=O)[nH]c(=O)n1Cc1ccccc1. The summed E-state index contributed by atoms with van der Waals surface area (Å²) in [4.78, 5) is 37.8. The fourth-order valence-corrected chi connectivity index (χ4v) is 2.53. The van der Waals surface area contributed by atoms with Gasteiger partial charge in [0.2, 0.25) is 5.91 Å². The number of H-pyrrole nitrogens is 1. The maximum atomic E-state index is 12.1. The largest absolute Gasteiger partial charge is 0.330 e. The molecule has 6 nitrogen and oxygen atoms in total. The first kappa shape index (κ1) is 17.1. The number of nitrogens with zero attached hydrogens (tertiary/aromatic N) is 1. The van der Waals surface area contributed by atoms with Gasteiger partial charge < -0.3 is 5.32 Å². The number of hydrogen-bond acceptors (Lipinski definition) is 4. The first-order valence-electron chi connectivity index (χ1n) is 7.25. The molecule has 1 amide bonds. The second-order valence-electron chi connectivity index (χ2n) is 5.30. The Morgan fingerprint density at radius 2 is 1.96 bits per heavy atom. The van der Waals surface area contributed by atoms with Crippen LogP contribution in [0.25, 0.3) is 0 Å². The van der Waals surface area contributed by atoms with Gasteiger partial charge >= 0.3 is 5.69 Å². The second-order valence-corrected chi connectivity index (χ2v) is 6.87. The van der Waals surface area contributed by atoms with E-state index in [2.05, 4.69) is 10.3 Å². The van der Waals surface area contributed by atoms with Gasteiger partial charge in [0.05, 0.1) is 12.3 Å². The van der Waals surface area contributed by atoms with E-state index in [4.69, 9.17) is 0 Å². The van der Waals surface area contributed by atoms with Crippen molar-refractivity contribution < 1.29 is 4.79 Å². The molecule has 0 saturated carbocycles. The average molecular weight is 333 g/mol. The Labute approximate surface area is 137 Å². The molecule has 2 N–H and O–H groups in total.